The highest BCUT2D eigenvalue weighted by molar-refractivity contribution is 9.11. The highest BCUT2D eigenvalue weighted by Crippen LogP contribution is 2.49. The van der Waals surface area contributed by atoms with Crippen LogP contribution in [0.2, 0.25) is 0 Å². The zero-order valence-electron chi connectivity index (χ0n) is 77.3. The molecule has 0 amide bonds. The molecule has 142 heavy (non-hydrogen) atoms. The molecule has 0 bridgehead atoms. The van der Waals surface area contributed by atoms with Crippen molar-refractivity contribution in [2.75, 3.05) is 15.1 Å². The lowest BCUT2D eigenvalue weighted by molar-refractivity contribution is 1.16. The molecule has 22 aromatic carbocycles. The van der Waals surface area contributed by atoms with Crippen LogP contribution in [-0.4, -0.2) is 22.8 Å². The number of para-hydroxylation sites is 9. The number of anilines is 8. The van der Waals surface area contributed by atoms with E-state index in [-0.39, 0.29) is 0 Å². The van der Waals surface area contributed by atoms with Crippen molar-refractivity contribution in [2.24, 2.45) is 0 Å². The van der Waals surface area contributed by atoms with Crippen LogP contribution in [0.1, 0.15) is 0 Å². The van der Waals surface area contributed by atoms with Gasteiger partial charge in [0, 0.05) is 120 Å². The molecule has 0 saturated heterocycles. The van der Waals surface area contributed by atoms with Gasteiger partial charge in [-0.25, -0.2) is 0 Å². The van der Waals surface area contributed by atoms with Crippen LogP contribution in [0.15, 0.2) is 549 Å². The summed E-state index contributed by atoms with van der Waals surface area (Å²) in [7, 11) is 0. The molecule has 8 nitrogen and oxygen atoms in total. The van der Waals surface area contributed by atoms with E-state index in [2.05, 4.69) is 592 Å². The summed E-state index contributed by atoms with van der Waals surface area (Å²) >= 11 is 7.34. The van der Waals surface area contributed by atoms with Gasteiger partial charge in [0.2, 0.25) is 0 Å². The van der Waals surface area contributed by atoms with Gasteiger partial charge in [-0.1, -0.05) is 341 Å². The third-order valence-corrected chi connectivity index (χ3v) is 28.3. The average molecular weight is 1950 g/mol. The molecule has 5 aromatic heterocycles. The van der Waals surface area contributed by atoms with E-state index in [0.717, 1.165) is 99.3 Å². The lowest BCUT2D eigenvalue weighted by Crippen LogP contribution is -2.14. The fourth-order valence-electron chi connectivity index (χ4n) is 21.0. The third-order valence-electron chi connectivity index (χ3n) is 27.4. The summed E-state index contributed by atoms with van der Waals surface area (Å²) in [5.74, 6) is 0. The zero-order chi connectivity index (χ0) is 94.5. The van der Waals surface area contributed by atoms with Crippen LogP contribution in [-0.2, 0) is 0 Å². The molecule has 1 N–H and O–H groups in total. The molecule has 0 saturated carbocycles. The first-order chi connectivity index (χ1) is 70.2. The summed E-state index contributed by atoms with van der Waals surface area (Å²) in [6, 6.07) is 194. The van der Waals surface area contributed by atoms with Crippen LogP contribution in [0.4, 0.5) is 45.5 Å². The molecule has 0 radical (unpaired) electrons. The SMILES string of the molecule is Brc1cc(Br)cc(-n2c3ccc(-c4ccccc4)cc3c3cc(-c4ccccc4)ccc32)c1.c1ccc(-c2ccc3c(c2)c2cc(-c4ccccc4)ccc2n3-c2cc(N(c3ccccc3)c3ccc4c(c3)c3ccccc3n4-c3ccccc3)cc(N(c3ccccc3)c3ccc4c(c3)c3ccccc3n4-c3ccccc3)c2)cc1.c1ccc(Nc2ccc3c(c2)c2ccccc2n3-c2ccccc2)cc1. The fourth-order valence-corrected chi connectivity index (χ4v) is 22.3. The van der Waals surface area contributed by atoms with Crippen molar-refractivity contribution < 1.29 is 0 Å². The van der Waals surface area contributed by atoms with E-state index in [9.17, 15) is 0 Å². The number of aromatic nitrogens is 5. The Hall–Kier alpha value is -17.8. The highest BCUT2D eigenvalue weighted by atomic mass is 79.9. The Labute approximate surface area is 839 Å². The Balaban J connectivity index is 0.000000145. The molecule has 0 spiro atoms. The van der Waals surface area contributed by atoms with Crippen LogP contribution in [0.5, 0.6) is 0 Å². The second-order valence-electron chi connectivity index (χ2n) is 35.9. The van der Waals surface area contributed by atoms with Crippen molar-refractivity contribution in [1.29, 1.82) is 0 Å². The van der Waals surface area contributed by atoms with Gasteiger partial charge in [0.1, 0.15) is 0 Å². The van der Waals surface area contributed by atoms with Crippen LogP contribution in [0.25, 0.3) is 182 Å². The van der Waals surface area contributed by atoms with E-state index in [1.807, 2.05) is 18.2 Å². The Morgan fingerprint density at radius 3 is 0.718 bits per heavy atom. The standard InChI is InChI=1S/C78H53N5.C30H19Br2N.C24H18N2/c1-7-23-54(24-8-1)56-39-43-75-69(47-56)70-48-57(55-25-9-2-10-26-55)40-44-76(70)83(75)66-50-64(79(58-27-11-3-12-28-58)62-41-45-77-71(52-62)67-35-19-21-37-73(67)81(77)60-31-15-5-16-32-60)49-65(51-66)80(59-29-13-4-14-30-59)63-42-46-78-72(53-63)68-36-20-22-38-74(68)82(78)61-33-17-6-18-34-61;31-24-17-25(32)19-26(18-24)33-29-13-11-22(20-7-3-1-4-8-20)15-27(29)28-16-23(12-14-30(28)33)21-9-5-2-6-10-21;1-3-9-18(10-4-1)25-19-15-16-24-22(17-19)21-13-7-8-14-23(21)26(24)20-11-5-2-6-12-20/h1-53H;1-19H;1-17,25H. The van der Waals surface area contributed by atoms with Crippen LogP contribution in [0.3, 0.4) is 0 Å². The predicted molar refractivity (Wildman–Crippen MR) is 607 cm³/mol. The van der Waals surface area contributed by atoms with Crippen molar-refractivity contribution >= 4 is 186 Å². The third kappa shape index (κ3) is 16.1. The van der Waals surface area contributed by atoms with Gasteiger partial charge in [-0.3, -0.25) is 0 Å². The molecule has 0 aliphatic heterocycles. The molecule has 672 valence electrons. The molecule has 5 heterocycles. The average Bonchev–Trinajstić information content (AvgIpc) is 1.57. The van der Waals surface area contributed by atoms with Crippen molar-refractivity contribution in [2.45, 2.75) is 0 Å². The van der Waals surface area contributed by atoms with Gasteiger partial charge in [-0.2, -0.15) is 0 Å². The van der Waals surface area contributed by atoms with Gasteiger partial charge in [0.15, 0.2) is 0 Å². The quantitative estimate of drug-likeness (QED) is 0.0988. The number of hydrogen-bond acceptors (Lipinski definition) is 3. The number of rotatable bonds is 17. The molecule has 0 aliphatic rings. The van der Waals surface area contributed by atoms with Gasteiger partial charge >= 0.3 is 0 Å². The molecule has 0 aliphatic carbocycles. The van der Waals surface area contributed by atoms with Gasteiger partial charge in [-0.15, -0.1) is 0 Å². The maximum absolute atomic E-state index is 3.67. The Morgan fingerprint density at radius 1 is 0.141 bits per heavy atom. The van der Waals surface area contributed by atoms with Crippen molar-refractivity contribution in [1.82, 2.24) is 22.8 Å². The molecule has 0 atom stereocenters. The van der Waals surface area contributed by atoms with E-state index in [4.69, 9.17) is 0 Å². The van der Waals surface area contributed by atoms with Gasteiger partial charge in [0.25, 0.3) is 0 Å². The normalized spacial score (nSPS) is 11.5. The Kier molecular flexibility index (Phi) is 22.5. The summed E-state index contributed by atoms with van der Waals surface area (Å²) < 4.78 is 14.0. The molecule has 0 unspecified atom stereocenters. The van der Waals surface area contributed by atoms with E-state index in [0.29, 0.717) is 0 Å². The Bertz CT molecular complexity index is 8940. The number of nitrogens with zero attached hydrogens (tertiary/aromatic N) is 7. The first-order valence-corrected chi connectivity index (χ1v) is 49.6. The minimum absolute atomic E-state index is 1.01. The minimum Gasteiger partial charge on any atom is -0.356 e. The predicted octanol–water partition coefficient (Wildman–Crippen LogP) is 37.4. The Morgan fingerprint density at radius 2 is 0.387 bits per heavy atom. The molecular weight excluding hydrogens is 1860 g/mol. The fraction of sp³-hybridized carbons (Fsp3) is 0. The summed E-state index contributed by atoms with van der Waals surface area (Å²) in [4.78, 5) is 4.88. The highest BCUT2D eigenvalue weighted by Gasteiger charge is 2.27. The molecule has 10 heteroatoms. The summed E-state index contributed by atoms with van der Waals surface area (Å²) in [6.45, 7) is 0. The zero-order valence-corrected chi connectivity index (χ0v) is 80.4. The summed E-state index contributed by atoms with van der Waals surface area (Å²) in [5.41, 5.74) is 35.3. The number of fused-ring (bicyclic) bond motifs is 15. The van der Waals surface area contributed by atoms with E-state index in [1.165, 1.54) is 137 Å². The van der Waals surface area contributed by atoms with Crippen LogP contribution >= 0.6 is 31.9 Å². The molecular formula is C132H90Br2N8. The van der Waals surface area contributed by atoms with Gasteiger partial charge in [-0.05, 0) is 275 Å². The van der Waals surface area contributed by atoms with E-state index < -0.39 is 0 Å². The topological polar surface area (TPSA) is 43.2 Å². The monoisotopic (exact) mass is 1940 g/mol. The smallest absolute Gasteiger partial charge is 0.0542 e. The van der Waals surface area contributed by atoms with Crippen molar-refractivity contribution in [3.8, 4) is 72.9 Å². The number of benzene rings is 22. The first kappa shape index (κ1) is 85.8. The minimum atomic E-state index is 1.01. The number of hydrogen-bond donors (Lipinski definition) is 1. The van der Waals surface area contributed by atoms with E-state index >= 15 is 0 Å². The largest absolute Gasteiger partial charge is 0.356 e. The molecule has 27 aromatic rings. The van der Waals surface area contributed by atoms with Crippen molar-refractivity contribution in [3.05, 3.63) is 549 Å². The van der Waals surface area contributed by atoms with Crippen LogP contribution in [0, 0.1) is 0 Å². The van der Waals surface area contributed by atoms with Gasteiger partial charge in [0.05, 0.1) is 72.2 Å². The second-order valence-corrected chi connectivity index (χ2v) is 37.8. The first-order valence-electron chi connectivity index (χ1n) is 48.0. The molecule has 0 fully saturated rings. The summed E-state index contributed by atoms with van der Waals surface area (Å²) in [5, 5.41) is 15.7. The summed E-state index contributed by atoms with van der Waals surface area (Å²) in [6.07, 6.45) is 0. The van der Waals surface area contributed by atoms with Gasteiger partial charge < -0.3 is 38.0 Å². The number of nitrogens with one attached hydrogen (secondary N) is 1. The maximum atomic E-state index is 3.67. The maximum Gasteiger partial charge on any atom is 0.0542 e. The number of halogens is 2. The lowest BCUT2D eigenvalue weighted by Gasteiger charge is -2.30. The second kappa shape index (κ2) is 37.3. The lowest BCUT2D eigenvalue weighted by atomic mass is 10.0. The van der Waals surface area contributed by atoms with Crippen molar-refractivity contribution in [3.63, 3.8) is 0 Å². The van der Waals surface area contributed by atoms with Crippen LogP contribution < -0.4 is 15.1 Å². The van der Waals surface area contributed by atoms with E-state index in [1.54, 1.807) is 0 Å². The molecule has 27 rings (SSSR count).